The van der Waals surface area contributed by atoms with Gasteiger partial charge in [0.2, 0.25) is 0 Å². The van der Waals surface area contributed by atoms with E-state index >= 15 is 0 Å². The zero-order valence-electron chi connectivity index (χ0n) is 43.6. The molecule has 3 heterocycles. The van der Waals surface area contributed by atoms with E-state index in [2.05, 4.69) is 301 Å². The number of aromatic nitrogens is 2. The normalized spacial score (nSPS) is 12.4. The first-order valence-electron chi connectivity index (χ1n) is 27.2. The van der Waals surface area contributed by atoms with E-state index in [1.807, 2.05) is 12.1 Å². The van der Waals surface area contributed by atoms with Crippen molar-refractivity contribution in [3.05, 3.63) is 326 Å². The van der Waals surface area contributed by atoms with Gasteiger partial charge in [-0.2, -0.15) is 0 Å². The number of rotatable bonds is 10. The highest BCUT2D eigenvalue weighted by molar-refractivity contribution is 6.01. The van der Waals surface area contributed by atoms with Gasteiger partial charge in [-0.25, -0.2) is 9.97 Å². The number of para-hydroxylation sites is 4. The molecule has 1 aliphatic heterocycles. The maximum Gasteiger partial charge on any atom is 0.132 e. The Balaban J connectivity index is 0.956. The van der Waals surface area contributed by atoms with Crippen LogP contribution in [0.2, 0.25) is 0 Å². The molecule has 0 radical (unpaired) electrons. The van der Waals surface area contributed by atoms with Crippen molar-refractivity contribution < 1.29 is 4.74 Å². The summed E-state index contributed by atoms with van der Waals surface area (Å²) in [6, 6.07) is 108. The Hall–Kier alpha value is -10.6. The third-order valence-corrected chi connectivity index (χ3v) is 15.9. The van der Waals surface area contributed by atoms with Crippen molar-refractivity contribution in [1.82, 2.24) is 9.97 Å². The fourth-order valence-electron chi connectivity index (χ4n) is 12.3. The quantitative estimate of drug-likeness (QED) is 0.137. The zero-order chi connectivity index (χ0) is 53.0. The van der Waals surface area contributed by atoms with Crippen LogP contribution in [0, 0.1) is 0 Å². The van der Waals surface area contributed by atoms with Crippen molar-refractivity contribution in [2.45, 2.75) is 5.41 Å². The molecule has 15 rings (SSSR count). The second kappa shape index (κ2) is 19.4. The number of anilines is 6. The number of benzene rings is 11. The fourth-order valence-corrected chi connectivity index (χ4v) is 12.3. The number of pyridine rings is 2. The Morgan fingerprint density at radius 1 is 0.275 bits per heavy atom. The standard InChI is InChI=1S/C75H50N4O/c1-7-23-51(24-8-1)67-43-45-69(73(76-67)53-27-11-3-12-28-53)78(57-31-15-5-16-32-57)59-40-39-55-48-62-61-42-41-60(50-66(61)75(65(62)49-56(55)47-59)63-35-19-21-37-71(63)80-72-38-22-20-36-64(72)75)79(58-33-17-6-18-34-58)70-46-44-68(52-25-9-2-10-26-52)77-74(70)54-29-13-4-14-30-54/h1-50H. The molecule has 0 amide bonds. The van der Waals surface area contributed by atoms with Crippen LogP contribution in [0.1, 0.15) is 22.3 Å². The van der Waals surface area contributed by atoms with E-state index in [1.54, 1.807) is 0 Å². The largest absolute Gasteiger partial charge is 0.457 e. The molecule has 0 saturated carbocycles. The maximum atomic E-state index is 6.91. The Morgan fingerprint density at radius 2 is 0.688 bits per heavy atom. The van der Waals surface area contributed by atoms with Crippen molar-refractivity contribution in [3.8, 4) is 67.7 Å². The second-order valence-electron chi connectivity index (χ2n) is 20.4. The molecule has 1 spiro atoms. The molecule has 0 fully saturated rings. The van der Waals surface area contributed by atoms with E-state index in [9.17, 15) is 0 Å². The first-order chi connectivity index (χ1) is 39.7. The molecule has 13 aromatic rings. The van der Waals surface area contributed by atoms with Gasteiger partial charge >= 0.3 is 0 Å². The maximum absolute atomic E-state index is 6.91. The summed E-state index contributed by atoms with van der Waals surface area (Å²) < 4.78 is 6.91. The molecule has 2 aliphatic rings. The molecule has 1 aliphatic carbocycles. The highest BCUT2D eigenvalue weighted by atomic mass is 16.5. The summed E-state index contributed by atoms with van der Waals surface area (Å²) in [5, 5.41) is 2.26. The molecule has 2 aromatic heterocycles. The van der Waals surface area contributed by atoms with Gasteiger partial charge in [-0.05, 0) is 130 Å². The molecule has 5 heteroatoms. The topological polar surface area (TPSA) is 41.5 Å². The first-order valence-corrected chi connectivity index (χ1v) is 27.2. The summed E-state index contributed by atoms with van der Waals surface area (Å²) in [5.41, 5.74) is 20.1. The van der Waals surface area contributed by atoms with Crippen LogP contribution in [0.25, 0.3) is 66.9 Å². The van der Waals surface area contributed by atoms with Gasteiger partial charge in [0, 0.05) is 56.1 Å². The van der Waals surface area contributed by atoms with Crippen LogP contribution in [0.3, 0.4) is 0 Å². The number of nitrogens with zero attached hydrogens (tertiary/aromatic N) is 4. The fraction of sp³-hybridized carbons (Fsp3) is 0.0133. The van der Waals surface area contributed by atoms with Gasteiger partial charge in [0.05, 0.1) is 39.6 Å². The van der Waals surface area contributed by atoms with Crippen LogP contribution in [0.4, 0.5) is 34.1 Å². The number of ether oxygens (including phenoxy) is 1. The van der Waals surface area contributed by atoms with Gasteiger partial charge in [0.1, 0.15) is 11.5 Å². The van der Waals surface area contributed by atoms with Gasteiger partial charge < -0.3 is 14.5 Å². The minimum Gasteiger partial charge on any atom is -0.457 e. The highest BCUT2D eigenvalue weighted by Gasteiger charge is 2.51. The molecular formula is C75H50N4O. The lowest BCUT2D eigenvalue weighted by Crippen LogP contribution is -2.32. The molecule has 376 valence electrons. The smallest absolute Gasteiger partial charge is 0.132 e. The van der Waals surface area contributed by atoms with Gasteiger partial charge in [0.25, 0.3) is 0 Å². The first kappa shape index (κ1) is 46.7. The highest BCUT2D eigenvalue weighted by Crippen LogP contribution is 2.63. The number of hydrogen-bond acceptors (Lipinski definition) is 5. The van der Waals surface area contributed by atoms with Gasteiger partial charge in [-0.1, -0.05) is 206 Å². The summed E-state index contributed by atoms with van der Waals surface area (Å²) in [4.78, 5) is 15.7. The van der Waals surface area contributed by atoms with Crippen molar-refractivity contribution in [2.24, 2.45) is 0 Å². The van der Waals surface area contributed by atoms with Crippen molar-refractivity contribution in [3.63, 3.8) is 0 Å². The van der Waals surface area contributed by atoms with Gasteiger partial charge in [0.15, 0.2) is 0 Å². The number of fused-ring (bicyclic) bond motifs is 10. The lowest BCUT2D eigenvalue weighted by atomic mass is 9.66. The predicted molar refractivity (Wildman–Crippen MR) is 328 cm³/mol. The van der Waals surface area contributed by atoms with Crippen LogP contribution >= 0.6 is 0 Å². The monoisotopic (exact) mass is 1020 g/mol. The Bertz CT molecular complexity index is 4390. The molecular weight excluding hydrogens is 973 g/mol. The van der Waals surface area contributed by atoms with E-state index in [4.69, 9.17) is 14.7 Å². The van der Waals surface area contributed by atoms with E-state index in [0.717, 1.165) is 113 Å². The summed E-state index contributed by atoms with van der Waals surface area (Å²) in [6.07, 6.45) is 0. The summed E-state index contributed by atoms with van der Waals surface area (Å²) in [7, 11) is 0. The second-order valence-corrected chi connectivity index (χ2v) is 20.4. The predicted octanol–water partition coefficient (Wildman–Crippen LogP) is 19.7. The van der Waals surface area contributed by atoms with Crippen LogP contribution < -0.4 is 14.5 Å². The molecule has 0 N–H and O–H groups in total. The van der Waals surface area contributed by atoms with Crippen LogP contribution in [0.5, 0.6) is 11.5 Å². The van der Waals surface area contributed by atoms with E-state index in [1.165, 1.54) is 22.3 Å². The molecule has 5 nitrogen and oxygen atoms in total. The SMILES string of the molecule is c1ccc(-c2ccc(N(c3ccccc3)c3ccc4c(c3)C3(c5ccccc5Oc5ccccc53)c3cc5cc(N(c6ccccc6)c6ccc(-c7ccccc7)nc6-c6ccccc6)ccc5cc3-4)c(-c3ccccc3)n2)cc1. The van der Waals surface area contributed by atoms with Gasteiger partial charge in [-0.15, -0.1) is 0 Å². The summed E-state index contributed by atoms with van der Waals surface area (Å²) in [6.45, 7) is 0. The molecule has 0 atom stereocenters. The molecule has 0 saturated heterocycles. The Morgan fingerprint density at radius 3 is 1.19 bits per heavy atom. The third kappa shape index (κ3) is 7.78. The van der Waals surface area contributed by atoms with Crippen LogP contribution in [-0.4, -0.2) is 9.97 Å². The van der Waals surface area contributed by atoms with Crippen molar-refractivity contribution in [2.75, 3.05) is 9.80 Å². The average molecular weight is 1020 g/mol. The third-order valence-electron chi connectivity index (χ3n) is 15.9. The zero-order valence-corrected chi connectivity index (χ0v) is 43.6. The van der Waals surface area contributed by atoms with E-state index in [0.29, 0.717) is 0 Å². The molecule has 11 aromatic carbocycles. The summed E-state index contributed by atoms with van der Waals surface area (Å²) >= 11 is 0. The summed E-state index contributed by atoms with van der Waals surface area (Å²) in [5.74, 6) is 1.68. The Labute approximate surface area is 465 Å². The van der Waals surface area contributed by atoms with Gasteiger partial charge in [-0.3, -0.25) is 0 Å². The minimum atomic E-state index is -0.771. The molecule has 0 bridgehead atoms. The number of hydrogen-bond donors (Lipinski definition) is 0. The van der Waals surface area contributed by atoms with Crippen molar-refractivity contribution >= 4 is 44.9 Å². The van der Waals surface area contributed by atoms with E-state index < -0.39 is 5.41 Å². The van der Waals surface area contributed by atoms with Crippen LogP contribution in [0.15, 0.2) is 303 Å². The minimum absolute atomic E-state index is 0.771. The Kier molecular flexibility index (Phi) is 11.3. The molecule has 80 heavy (non-hydrogen) atoms. The van der Waals surface area contributed by atoms with Crippen molar-refractivity contribution in [1.29, 1.82) is 0 Å². The van der Waals surface area contributed by atoms with E-state index in [-0.39, 0.29) is 0 Å². The lowest BCUT2D eigenvalue weighted by Gasteiger charge is -2.40. The average Bonchev–Trinajstić information content (AvgIpc) is 4.04. The lowest BCUT2D eigenvalue weighted by molar-refractivity contribution is 0.436. The van der Waals surface area contributed by atoms with Crippen LogP contribution in [-0.2, 0) is 5.41 Å². The molecule has 0 unspecified atom stereocenters.